The van der Waals surface area contributed by atoms with Crippen molar-refractivity contribution < 1.29 is 31.9 Å². The fourth-order valence-electron chi connectivity index (χ4n) is 12.7. The molecule has 0 aliphatic carbocycles. The molecule has 0 aliphatic rings. The minimum absolute atomic E-state index is 0.00422. The first kappa shape index (κ1) is 65.9. The van der Waals surface area contributed by atoms with Gasteiger partial charge in [0.1, 0.15) is 44.6 Å². The van der Waals surface area contributed by atoms with Gasteiger partial charge in [-0.3, -0.25) is 0 Å². The third-order valence-electron chi connectivity index (χ3n) is 18.0. The van der Waals surface area contributed by atoms with Crippen molar-refractivity contribution in [3.8, 4) is 42.5 Å². The Bertz CT molecular complexity index is 6420. The molecule has 0 radical (unpaired) electrons. The standard InChI is InChI=1S/C21H17N4S.C19H16F3N4S.C19H14N5S.C17H16N5S/c1-12-14-8-4-7-11-17(14)26-20(12)19-13(2)18-21(24-25(19)3)23-16-10-6-5-9-15(16)22-18;1-9-12-7-5-6-8-13(12)27-16(9)15-10(2)14-18(25-26(15)4)24-17(11(3)23-14)19(20,21)22;1-11-12-7-3-6-10-15(12)25-16(11)19-22-17-18(23-24(19)2)21-14-9-5-4-8-13(14)20-17;1-9-12-7-5-6-8-13(12)23-14(9)17-20-15-16(21-22(17)4)19-11(3)10(2)18-15/h4-11H,1-3H3;5-8H,1-4H3;3-10H,1-2H3;5-8H,1-4H3/q4*+1. The summed E-state index contributed by atoms with van der Waals surface area (Å²) < 4.78 is 51.6. The second-order valence-corrected chi connectivity index (χ2v) is 28.8. The van der Waals surface area contributed by atoms with E-state index in [0.717, 1.165) is 103 Å². The number of nitrogens with zero attached hydrogens (tertiary/aromatic N) is 18. The molecule has 25 heteroatoms. The number of thiophene rings is 4. The van der Waals surface area contributed by atoms with Gasteiger partial charge in [-0.2, -0.15) is 13.2 Å². The van der Waals surface area contributed by atoms with E-state index in [2.05, 4.69) is 158 Å². The van der Waals surface area contributed by atoms with Crippen molar-refractivity contribution in [1.82, 2.24) is 70.2 Å². The van der Waals surface area contributed by atoms with Crippen LogP contribution in [-0.4, -0.2) is 70.2 Å². The van der Waals surface area contributed by atoms with E-state index >= 15 is 0 Å². The zero-order chi connectivity index (χ0) is 70.4. The lowest BCUT2D eigenvalue weighted by molar-refractivity contribution is -0.720. The van der Waals surface area contributed by atoms with Crippen LogP contribution in [0.2, 0.25) is 0 Å². The Balaban J connectivity index is 0.000000109. The summed E-state index contributed by atoms with van der Waals surface area (Å²) in [6.07, 6.45) is -4.56. The summed E-state index contributed by atoms with van der Waals surface area (Å²) in [6.45, 7) is 17.7. The van der Waals surface area contributed by atoms with Gasteiger partial charge in [0, 0.05) is 29.0 Å². The molecule has 0 saturated heterocycles. The highest BCUT2D eigenvalue weighted by atomic mass is 32.1. The van der Waals surface area contributed by atoms with Gasteiger partial charge in [0.05, 0.1) is 50.3 Å². The van der Waals surface area contributed by atoms with Crippen LogP contribution in [0.5, 0.6) is 0 Å². The van der Waals surface area contributed by atoms with E-state index in [4.69, 9.17) is 25.0 Å². The lowest BCUT2D eigenvalue weighted by atomic mass is 10.1. The molecule has 0 saturated carbocycles. The van der Waals surface area contributed by atoms with E-state index < -0.39 is 11.9 Å². The number of para-hydroxylation sites is 4. The molecule has 18 aromatic rings. The molecule has 0 atom stereocenters. The van der Waals surface area contributed by atoms with Gasteiger partial charge in [0.2, 0.25) is 11.3 Å². The van der Waals surface area contributed by atoms with Crippen molar-refractivity contribution in [3.63, 3.8) is 0 Å². The van der Waals surface area contributed by atoms with Gasteiger partial charge in [0.25, 0.3) is 22.7 Å². The summed E-state index contributed by atoms with van der Waals surface area (Å²) >= 11 is 6.91. The van der Waals surface area contributed by atoms with Gasteiger partial charge in [-0.15, -0.1) is 54.7 Å². The predicted octanol–water partition coefficient (Wildman–Crippen LogP) is 15.8. The van der Waals surface area contributed by atoms with Crippen molar-refractivity contribution in [2.24, 2.45) is 28.2 Å². The van der Waals surface area contributed by atoms with Crippen LogP contribution >= 0.6 is 45.3 Å². The number of hydrogen-bond donors (Lipinski definition) is 0. The summed E-state index contributed by atoms with van der Waals surface area (Å²) in [5, 5.41) is 23.2. The lowest BCUT2D eigenvalue weighted by Gasteiger charge is -2.10. The Morgan fingerprint density at radius 1 is 0.287 bits per heavy atom. The first-order valence-electron chi connectivity index (χ1n) is 32.3. The van der Waals surface area contributed by atoms with E-state index in [1.165, 1.54) is 58.7 Å². The number of hydrogen-bond acceptors (Lipinski definition) is 18. The molecule has 101 heavy (non-hydrogen) atoms. The first-order valence-corrected chi connectivity index (χ1v) is 35.5. The SMILES string of the molecule is Cc1c(-c2c(C)c3nc4ccccc4nc3n[n+]2C)sc2ccccc12.Cc1c(-c2nc3nc4ccccc4nc3n[n+]2C)sc2ccccc12.Cc1nc2c(C)c(-c3sc4ccccc4c3C)[n+](C)nc2nc1C(F)(F)F.Cc1nc2nc(-c3sc4ccccc4c3C)[n+](C)nc2nc1C. The third-order valence-corrected chi connectivity index (χ3v) is 23.1. The predicted molar refractivity (Wildman–Crippen MR) is 396 cm³/mol. The zero-order valence-electron chi connectivity index (χ0n) is 57.2. The Labute approximate surface area is 591 Å². The molecule has 6 aromatic carbocycles. The van der Waals surface area contributed by atoms with E-state index in [1.807, 2.05) is 126 Å². The van der Waals surface area contributed by atoms with Crippen LogP contribution in [0.1, 0.15) is 56.2 Å². The Hall–Kier alpha value is -11.0. The number of rotatable bonds is 4. The fraction of sp³-hybridized carbons (Fsp3) is 0.184. The molecule has 0 spiro atoms. The number of aromatic nitrogens is 18. The molecule has 0 unspecified atom stereocenters. The third kappa shape index (κ3) is 12.0. The highest BCUT2D eigenvalue weighted by Gasteiger charge is 2.37. The highest BCUT2D eigenvalue weighted by molar-refractivity contribution is 7.23. The fourth-order valence-corrected chi connectivity index (χ4v) is 17.8. The van der Waals surface area contributed by atoms with Crippen LogP contribution in [0.3, 0.4) is 0 Å². The monoisotopic (exact) mass is 1410 g/mol. The number of alkyl halides is 3. The van der Waals surface area contributed by atoms with Crippen molar-refractivity contribution in [1.29, 1.82) is 0 Å². The van der Waals surface area contributed by atoms with Gasteiger partial charge < -0.3 is 0 Å². The van der Waals surface area contributed by atoms with Crippen molar-refractivity contribution >= 4 is 153 Å². The molecule has 0 bridgehead atoms. The Morgan fingerprint density at radius 3 is 1.01 bits per heavy atom. The molecular formula is C76H63F3N18S4+4. The number of benzene rings is 6. The molecule has 12 heterocycles. The number of fused-ring (bicyclic) bond motifs is 10. The zero-order valence-corrected chi connectivity index (χ0v) is 60.4. The summed E-state index contributed by atoms with van der Waals surface area (Å²) in [5.41, 5.74) is 17.0. The van der Waals surface area contributed by atoms with Gasteiger partial charge >= 0.3 is 29.1 Å². The maximum Gasteiger partial charge on any atom is 0.435 e. The summed E-state index contributed by atoms with van der Waals surface area (Å²) in [7, 11) is 7.52. The minimum atomic E-state index is -4.56. The molecule has 0 N–H and O–H groups in total. The molecule has 18 nitrogen and oxygen atoms in total. The van der Waals surface area contributed by atoms with Gasteiger partial charge in [0.15, 0.2) is 19.8 Å². The summed E-state index contributed by atoms with van der Waals surface area (Å²) in [5.74, 6) is 1.64. The van der Waals surface area contributed by atoms with E-state index in [1.54, 1.807) is 55.1 Å². The van der Waals surface area contributed by atoms with Gasteiger partial charge in [-0.1, -0.05) is 117 Å². The molecule has 498 valence electrons. The smallest absolute Gasteiger partial charge is 0.247 e. The maximum atomic E-state index is 13.2. The average molecular weight is 1410 g/mol. The van der Waals surface area contributed by atoms with Crippen LogP contribution in [0.15, 0.2) is 146 Å². The normalized spacial score (nSPS) is 11.8. The molecule has 18 rings (SSSR count). The second-order valence-electron chi connectivity index (χ2n) is 24.6. The lowest BCUT2D eigenvalue weighted by Crippen LogP contribution is -2.37. The average Bonchev–Trinajstić information content (AvgIpc) is 1.66. The highest BCUT2D eigenvalue weighted by Crippen LogP contribution is 2.42. The Kier molecular flexibility index (Phi) is 16.9. The molecule has 12 aromatic heterocycles. The molecule has 0 amide bonds. The van der Waals surface area contributed by atoms with Gasteiger partial charge in [-0.25, -0.2) is 39.9 Å². The molecular weight excluding hydrogens is 1350 g/mol. The minimum Gasteiger partial charge on any atom is -0.247 e. The number of aryl methyl sites for hydroxylation is 13. The topological polar surface area (TPSA) is 196 Å². The Morgan fingerprint density at radius 2 is 0.594 bits per heavy atom. The van der Waals surface area contributed by atoms with Crippen molar-refractivity contribution in [2.75, 3.05) is 0 Å². The first-order chi connectivity index (χ1) is 48.6. The van der Waals surface area contributed by atoms with Crippen LogP contribution in [0, 0.1) is 62.3 Å². The van der Waals surface area contributed by atoms with E-state index in [9.17, 15) is 13.2 Å². The van der Waals surface area contributed by atoms with Crippen LogP contribution in [0.25, 0.3) is 150 Å². The second kappa shape index (κ2) is 25.9. The maximum absolute atomic E-state index is 13.2. The summed E-state index contributed by atoms with van der Waals surface area (Å²) in [6, 6.07) is 49.2. The van der Waals surface area contributed by atoms with Crippen molar-refractivity contribution in [3.05, 3.63) is 202 Å². The van der Waals surface area contributed by atoms with E-state index in [0.29, 0.717) is 33.8 Å². The van der Waals surface area contributed by atoms with Crippen LogP contribution in [-0.2, 0) is 34.4 Å². The van der Waals surface area contributed by atoms with Crippen LogP contribution < -0.4 is 18.7 Å². The van der Waals surface area contributed by atoms with Crippen LogP contribution in [0.4, 0.5) is 13.2 Å². The number of halogens is 3. The van der Waals surface area contributed by atoms with E-state index in [-0.39, 0.29) is 11.3 Å². The largest absolute Gasteiger partial charge is 0.435 e. The summed E-state index contributed by atoms with van der Waals surface area (Å²) in [4.78, 5) is 49.8. The molecule has 0 aliphatic heterocycles. The van der Waals surface area contributed by atoms with Crippen molar-refractivity contribution in [2.45, 2.75) is 68.5 Å². The quantitative estimate of drug-likeness (QED) is 0.119. The molecule has 0 fully saturated rings. The van der Waals surface area contributed by atoms with Gasteiger partial charge in [-0.05, 0) is 165 Å².